The molecule has 2 heterocycles. The number of fused-ring (bicyclic) bond motifs is 1. The molecule has 1 fully saturated rings. The van der Waals surface area contributed by atoms with E-state index in [1.807, 2.05) is 24.0 Å². The fraction of sp³-hybridized carbons (Fsp3) is 0.500. The number of carbonyl (C=O) groups excluding carboxylic acids is 1. The number of sulfonamides is 1. The minimum absolute atomic E-state index is 0.167. The Kier molecular flexibility index (Phi) is 7.94. The van der Waals surface area contributed by atoms with Gasteiger partial charge in [-0.2, -0.15) is 4.31 Å². The van der Waals surface area contributed by atoms with Crippen molar-refractivity contribution in [3.8, 4) is 17.2 Å². The number of nitrogens with zero attached hydrogens (tertiary/aromatic N) is 3. The number of benzene rings is 2. The molecule has 1 amide bonds. The zero-order valence-corrected chi connectivity index (χ0v) is 22.3. The van der Waals surface area contributed by atoms with Gasteiger partial charge in [0.05, 0.1) is 31.9 Å². The lowest BCUT2D eigenvalue weighted by molar-refractivity contribution is -0.131. The van der Waals surface area contributed by atoms with Gasteiger partial charge in [0.25, 0.3) is 0 Å². The molecule has 10 heteroatoms. The van der Waals surface area contributed by atoms with E-state index in [2.05, 4.69) is 4.90 Å². The van der Waals surface area contributed by atoms with Crippen molar-refractivity contribution in [3.63, 3.8) is 0 Å². The molecule has 1 saturated heterocycles. The van der Waals surface area contributed by atoms with Gasteiger partial charge < -0.3 is 24.0 Å². The molecule has 0 saturated carbocycles. The predicted octanol–water partition coefficient (Wildman–Crippen LogP) is 2.91. The molecule has 0 radical (unpaired) electrons. The van der Waals surface area contributed by atoms with E-state index in [1.54, 1.807) is 39.5 Å². The van der Waals surface area contributed by atoms with E-state index in [4.69, 9.17) is 14.2 Å². The van der Waals surface area contributed by atoms with Gasteiger partial charge in [-0.05, 0) is 54.3 Å². The Labute approximate surface area is 213 Å². The van der Waals surface area contributed by atoms with Gasteiger partial charge in [-0.1, -0.05) is 6.92 Å². The molecule has 196 valence electrons. The van der Waals surface area contributed by atoms with Crippen molar-refractivity contribution >= 4 is 21.6 Å². The minimum atomic E-state index is -3.74. The number of rotatable bonds is 8. The van der Waals surface area contributed by atoms with Crippen LogP contribution in [0.25, 0.3) is 0 Å². The first-order chi connectivity index (χ1) is 17.3. The summed E-state index contributed by atoms with van der Waals surface area (Å²) in [6.45, 7) is 5.09. The smallest absolute Gasteiger partial charge is 0.243 e. The lowest BCUT2D eigenvalue weighted by Gasteiger charge is -2.37. The molecular formula is C26H35N3O6S. The van der Waals surface area contributed by atoms with Crippen LogP contribution in [0.15, 0.2) is 35.2 Å². The molecule has 0 aromatic heterocycles. The monoisotopic (exact) mass is 517 g/mol. The first-order valence-electron chi connectivity index (χ1n) is 12.3. The Morgan fingerprint density at radius 3 is 2.11 bits per heavy atom. The van der Waals surface area contributed by atoms with Gasteiger partial charge in [0.15, 0.2) is 11.5 Å². The third kappa shape index (κ3) is 5.10. The Balaban J connectivity index is 1.56. The molecule has 0 aliphatic carbocycles. The van der Waals surface area contributed by atoms with Crippen LogP contribution in [-0.2, 0) is 27.8 Å². The molecule has 2 aliphatic rings. The summed E-state index contributed by atoms with van der Waals surface area (Å²) >= 11 is 0. The van der Waals surface area contributed by atoms with Gasteiger partial charge in [-0.25, -0.2) is 8.42 Å². The summed E-state index contributed by atoms with van der Waals surface area (Å²) in [5.74, 6) is 2.01. The quantitative estimate of drug-likeness (QED) is 0.532. The van der Waals surface area contributed by atoms with Crippen molar-refractivity contribution in [1.82, 2.24) is 9.21 Å². The lowest BCUT2D eigenvalue weighted by Crippen LogP contribution is -2.48. The third-order valence-corrected chi connectivity index (χ3v) is 8.75. The van der Waals surface area contributed by atoms with Crippen molar-refractivity contribution < 1.29 is 27.4 Å². The molecule has 2 aromatic carbocycles. The Morgan fingerprint density at radius 1 is 0.861 bits per heavy atom. The van der Waals surface area contributed by atoms with Crippen LogP contribution in [0.1, 0.15) is 30.9 Å². The van der Waals surface area contributed by atoms with E-state index < -0.39 is 10.0 Å². The van der Waals surface area contributed by atoms with Gasteiger partial charge in [0.1, 0.15) is 5.75 Å². The minimum Gasteiger partial charge on any atom is -0.495 e. The SMILES string of the molecule is CCCC(=O)N1CCN(c2cc(S(=O)(=O)N3CCc4cc(OC)c(OC)cc4C3)ccc2OC)CC1. The molecule has 36 heavy (non-hydrogen) atoms. The number of hydrogen-bond acceptors (Lipinski definition) is 7. The summed E-state index contributed by atoms with van der Waals surface area (Å²) in [5.41, 5.74) is 2.69. The van der Waals surface area contributed by atoms with Gasteiger partial charge in [0.2, 0.25) is 15.9 Å². The van der Waals surface area contributed by atoms with Gasteiger partial charge in [-0.15, -0.1) is 0 Å². The van der Waals surface area contributed by atoms with Crippen molar-refractivity contribution in [3.05, 3.63) is 41.5 Å². The van der Waals surface area contributed by atoms with Crippen LogP contribution in [0.5, 0.6) is 17.2 Å². The Morgan fingerprint density at radius 2 is 1.50 bits per heavy atom. The van der Waals surface area contributed by atoms with E-state index in [0.717, 1.165) is 23.2 Å². The maximum atomic E-state index is 13.7. The van der Waals surface area contributed by atoms with E-state index in [-0.39, 0.29) is 17.3 Å². The van der Waals surface area contributed by atoms with E-state index >= 15 is 0 Å². The highest BCUT2D eigenvalue weighted by atomic mass is 32.2. The predicted molar refractivity (Wildman–Crippen MR) is 138 cm³/mol. The molecule has 0 atom stereocenters. The Hall–Kier alpha value is -2.98. The first kappa shape index (κ1) is 26.1. The topological polar surface area (TPSA) is 88.6 Å². The summed E-state index contributed by atoms with van der Waals surface area (Å²) in [5, 5.41) is 0. The second kappa shape index (κ2) is 11.0. The van der Waals surface area contributed by atoms with Crippen LogP contribution >= 0.6 is 0 Å². The molecule has 2 aromatic rings. The van der Waals surface area contributed by atoms with Crippen LogP contribution in [0.3, 0.4) is 0 Å². The van der Waals surface area contributed by atoms with E-state index in [9.17, 15) is 13.2 Å². The zero-order valence-electron chi connectivity index (χ0n) is 21.5. The number of anilines is 1. The number of methoxy groups -OCH3 is 3. The molecule has 4 rings (SSSR count). The third-order valence-electron chi connectivity index (χ3n) is 6.91. The van der Waals surface area contributed by atoms with Crippen LogP contribution in [0, 0.1) is 0 Å². The molecule has 2 aliphatic heterocycles. The number of amides is 1. The summed E-state index contributed by atoms with van der Waals surface area (Å²) in [6, 6.07) is 8.79. The average Bonchev–Trinajstić information content (AvgIpc) is 2.91. The molecule has 0 unspecified atom stereocenters. The number of ether oxygens (including phenoxy) is 3. The summed E-state index contributed by atoms with van der Waals surface area (Å²) in [6.07, 6.45) is 1.97. The fourth-order valence-electron chi connectivity index (χ4n) is 4.86. The van der Waals surface area contributed by atoms with Gasteiger partial charge in [0, 0.05) is 45.7 Å². The van der Waals surface area contributed by atoms with Crippen LogP contribution in [-0.4, -0.2) is 77.6 Å². The van der Waals surface area contributed by atoms with Crippen LogP contribution < -0.4 is 19.1 Å². The molecule has 0 bridgehead atoms. The highest BCUT2D eigenvalue weighted by molar-refractivity contribution is 7.89. The zero-order chi connectivity index (χ0) is 25.9. The maximum absolute atomic E-state index is 13.7. The standard InChI is InChI=1S/C26H35N3O6S/c1-5-6-26(30)28-13-11-27(12-14-28)22-17-21(7-8-23(22)33-2)36(31,32)29-10-9-19-15-24(34-3)25(35-4)16-20(19)18-29/h7-8,15-17H,5-6,9-14,18H2,1-4H3. The summed E-state index contributed by atoms with van der Waals surface area (Å²) in [7, 11) is 0.998. The van der Waals surface area contributed by atoms with E-state index in [1.165, 1.54) is 4.31 Å². The van der Waals surface area contributed by atoms with Gasteiger partial charge >= 0.3 is 0 Å². The molecule has 0 spiro atoms. The number of carbonyl (C=O) groups is 1. The lowest BCUT2D eigenvalue weighted by atomic mass is 10.0. The fourth-order valence-corrected chi connectivity index (χ4v) is 6.30. The molecule has 9 nitrogen and oxygen atoms in total. The van der Waals surface area contributed by atoms with E-state index in [0.29, 0.717) is 62.8 Å². The summed E-state index contributed by atoms with van der Waals surface area (Å²) in [4.78, 5) is 16.5. The largest absolute Gasteiger partial charge is 0.495 e. The second-order valence-electron chi connectivity index (χ2n) is 9.02. The highest BCUT2D eigenvalue weighted by Crippen LogP contribution is 2.36. The maximum Gasteiger partial charge on any atom is 0.243 e. The van der Waals surface area contributed by atoms with Crippen molar-refractivity contribution in [1.29, 1.82) is 0 Å². The molecule has 0 N–H and O–H groups in total. The normalized spacial score (nSPS) is 16.4. The van der Waals surface area contributed by atoms with Gasteiger partial charge in [-0.3, -0.25) is 4.79 Å². The highest BCUT2D eigenvalue weighted by Gasteiger charge is 2.31. The molecular weight excluding hydrogens is 482 g/mol. The van der Waals surface area contributed by atoms with Crippen molar-refractivity contribution in [2.24, 2.45) is 0 Å². The van der Waals surface area contributed by atoms with Crippen LogP contribution in [0.4, 0.5) is 5.69 Å². The second-order valence-corrected chi connectivity index (χ2v) is 11.0. The number of hydrogen-bond donors (Lipinski definition) is 0. The van der Waals surface area contributed by atoms with Crippen molar-refractivity contribution in [2.75, 3.05) is 59.0 Å². The first-order valence-corrected chi connectivity index (χ1v) is 13.7. The summed E-state index contributed by atoms with van der Waals surface area (Å²) < 4.78 is 45.2. The number of piperazine rings is 1. The average molecular weight is 518 g/mol. The van der Waals surface area contributed by atoms with Crippen LogP contribution in [0.2, 0.25) is 0 Å². The Bertz CT molecular complexity index is 1210. The van der Waals surface area contributed by atoms with Crippen molar-refractivity contribution in [2.45, 2.75) is 37.6 Å².